The molecule has 0 bridgehead atoms. The molecular weight excluding hydrogens is 312 g/mol. The minimum absolute atomic E-state index is 0.0198. The van der Waals surface area contributed by atoms with E-state index in [1.807, 2.05) is 0 Å². The predicted molar refractivity (Wildman–Crippen MR) is 103 cm³/mol. The van der Waals surface area contributed by atoms with Crippen molar-refractivity contribution >= 4 is 5.91 Å². The van der Waals surface area contributed by atoms with Crippen LogP contribution in [-0.2, 0) is 22.2 Å². The molecule has 140 valence electrons. The number of aromatic hydroxyl groups is 1. The van der Waals surface area contributed by atoms with Gasteiger partial charge in [-0.2, -0.15) is 0 Å². The Kier molecular flexibility index (Phi) is 5.53. The van der Waals surface area contributed by atoms with Crippen LogP contribution in [0.1, 0.15) is 71.1 Å². The number of phenolic OH excluding ortho intramolecular Hbond substituents is 1. The van der Waals surface area contributed by atoms with Gasteiger partial charge in [-0.05, 0) is 53.5 Å². The van der Waals surface area contributed by atoms with Crippen molar-refractivity contribution in [1.29, 1.82) is 0 Å². The largest absolute Gasteiger partial charge is 0.507 e. The molecule has 1 aromatic carbocycles. The third-order valence-corrected chi connectivity index (χ3v) is 5.18. The molecule has 0 aromatic heterocycles. The number of piperidine rings is 1. The molecule has 4 heteroatoms. The zero-order valence-corrected chi connectivity index (χ0v) is 16.6. The summed E-state index contributed by atoms with van der Waals surface area (Å²) in [5.74, 6) is 0.275. The SMILES string of the molecule is CC(C)(C)c1cc(CN2CCC(C(N)=O)CC2)cc(C(C)(C)C)c1O. The van der Waals surface area contributed by atoms with E-state index in [4.69, 9.17) is 5.73 Å². The Bertz CT molecular complexity index is 595. The van der Waals surface area contributed by atoms with E-state index in [1.165, 1.54) is 5.56 Å². The van der Waals surface area contributed by atoms with Crippen molar-refractivity contribution < 1.29 is 9.90 Å². The molecule has 1 aliphatic heterocycles. The Balaban J connectivity index is 2.28. The van der Waals surface area contributed by atoms with Gasteiger partial charge < -0.3 is 10.8 Å². The average Bonchev–Trinajstić information content (AvgIpc) is 2.47. The van der Waals surface area contributed by atoms with Crippen molar-refractivity contribution in [2.24, 2.45) is 11.7 Å². The minimum atomic E-state index is -0.172. The summed E-state index contributed by atoms with van der Waals surface area (Å²) in [6.07, 6.45) is 1.68. The first-order valence-electron chi connectivity index (χ1n) is 9.28. The molecule has 3 N–H and O–H groups in total. The summed E-state index contributed by atoms with van der Waals surface area (Å²) in [6.45, 7) is 15.4. The Hall–Kier alpha value is -1.55. The Morgan fingerprint density at radius 2 is 1.52 bits per heavy atom. The highest BCUT2D eigenvalue weighted by molar-refractivity contribution is 5.76. The number of likely N-dealkylation sites (tertiary alicyclic amines) is 1. The Morgan fingerprint density at radius 3 is 1.88 bits per heavy atom. The number of hydrogen-bond donors (Lipinski definition) is 2. The molecule has 1 heterocycles. The summed E-state index contributed by atoms with van der Waals surface area (Å²) in [5, 5.41) is 10.8. The van der Waals surface area contributed by atoms with Gasteiger partial charge >= 0.3 is 0 Å². The first kappa shape index (κ1) is 19.8. The van der Waals surface area contributed by atoms with Crippen LogP contribution in [-0.4, -0.2) is 29.0 Å². The van der Waals surface area contributed by atoms with Crippen molar-refractivity contribution in [2.45, 2.75) is 71.8 Å². The first-order valence-corrected chi connectivity index (χ1v) is 9.28. The number of nitrogens with two attached hydrogens (primary N) is 1. The number of amides is 1. The van der Waals surface area contributed by atoms with E-state index in [-0.39, 0.29) is 22.7 Å². The highest BCUT2D eigenvalue weighted by atomic mass is 16.3. The summed E-state index contributed by atoms with van der Waals surface area (Å²) < 4.78 is 0. The molecule has 0 aliphatic carbocycles. The summed E-state index contributed by atoms with van der Waals surface area (Å²) >= 11 is 0. The van der Waals surface area contributed by atoms with Crippen molar-refractivity contribution in [3.63, 3.8) is 0 Å². The standard InChI is InChI=1S/C21H34N2O2/c1-20(2,3)16-11-14(12-17(18(16)24)21(4,5)6)13-23-9-7-15(8-10-23)19(22)25/h11-12,15,24H,7-10,13H2,1-6H3,(H2,22,25). The van der Waals surface area contributed by atoms with Gasteiger partial charge in [-0.15, -0.1) is 0 Å². The molecule has 1 aliphatic rings. The van der Waals surface area contributed by atoms with Gasteiger partial charge in [0, 0.05) is 12.5 Å². The lowest BCUT2D eigenvalue weighted by atomic mass is 9.78. The summed E-state index contributed by atoms with van der Waals surface area (Å²) in [7, 11) is 0. The van der Waals surface area contributed by atoms with Gasteiger partial charge in [0.25, 0.3) is 0 Å². The first-order chi connectivity index (χ1) is 11.4. The lowest BCUT2D eigenvalue weighted by Crippen LogP contribution is -2.38. The van der Waals surface area contributed by atoms with Gasteiger partial charge in [0.2, 0.25) is 5.91 Å². The number of carbonyl (C=O) groups excluding carboxylic acids is 1. The molecule has 25 heavy (non-hydrogen) atoms. The minimum Gasteiger partial charge on any atom is -0.507 e. The molecule has 2 rings (SSSR count). The molecule has 0 radical (unpaired) electrons. The quantitative estimate of drug-likeness (QED) is 0.877. The van der Waals surface area contributed by atoms with Crippen LogP contribution in [0.2, 0.25) is 0 Å². The lowest BCUT2D eigenvalue weighted by molar-refractivity contribution is -0.123. The van der Waals surface area contributed by atoms with Crippen LogP contribution >= 0.6 is 0 Å². The van der Waals surface area contributed by atoms with Gasteiger partial charge in [0.1, 0.15) is 5.75 Å². The van der Waals surface area contributed by atoms with Crippen molar-refractivity contribution in [3.05, 3.63) is 28.8 Å². The average molecular weight is 347 g/mol. The number of primary amides is 1. The number of hydrogen-bond acceptors (Lipinski definition) is 3. The fourth-order valence-electron chi connectivity index (χ4n) is 3.56. The second-order valence-corrected chi connectivity index (χ2v) is 9.49. The van der Waals surface area contributed by atoms with Crippen molar-refractivity contribution in [3.8, 4) is 5.75 Å². The molecule has 4 nitrogen and oxygen atoms in total. The van der Waals surface area contributed by atoms with Gasteiger partial charge in [-0.3, -0.25) is 9.69 Å². The van der Waals surface area contributed by atoms with Gasteiger partial charge in [0.15, 0.2) is 0 Å². The maximum Gasteiger partial charge on any atom is 0.220 e. The van der Waals surface area contributed by atoms with E-state index in [1.54, 1.807) is 0 Å². The number of phenols is 1. The number of nitrogens with zero attached hydrogens (tertiary/aromatic N) is 1. The second kappa shape index (κ2) is 6.99. The van der Waals surface area contributed by atoms with E-state index >= 15 is 0 Å². The van der Waals surface area contributed by atoms with Crippen LogP contribution in [0.15, 0.2) is 12.1 Å². The molecule has 0 saturated carbocycles. The monoisotopic (exact) mass is 346 g/mol. The summed E-state index contributed by atoms with van der Waals surface area (Å²) in [6, 6.07) is 4.29. The van der Waals surface area contributed by atoms with Crippen LogP contribution in [0.4, 0.5) is 0 Å². The van der Waals surface area contributed by atoms with Crippen molar-refractivity contribution in [1.82, 2.24) is 4.90 Å². The lowest BCUT2D eigenvalue weighted by Gasteiger charge is -2.32. The third kappa shape index (κ3) is 4.75. The topological polar surface area (TPSA) is 66.6 Å². The van der Waals surface area contributed by atoms with E-state index < -0.39 is 0 Å². The molecular formula is C21H34N2O2. The molecule has 0 atom stereocenters. The third-order valence-electron chi connectivity index (χ3n) is 5.18. The Morgan fingerprint density at radius 1 is 1.08 bits per heavy atom. The van der Waals surface area contributed by atoms with Gasteiger partial charge in [-0.1, -0.05) is 53.7 Å². The molecule has 1 aromatic rings. The van der Waals surface area contributed by atoms with Crippen LogP contribution < -0.4 is 5.73 Å². The smallest absolute Gasteiger partial charge is 0.220 e. The number of rotatable bonds is 3. The van der Waals surface area contributed by atoms with E-state index in [0.717, 1.165) is 43.6 Å². The molecule has 1 fully saturated rings. The zero-order valence-electron chi connectivity index (χ0n) is 16.6. The van der Waals surface area contributed by atoms with Crippen LogP contribution in [0.25, 0.3) is 0 Å². The van der Waals surface area contributed by atoms with Crippen molar-refractivity contribution in [2.75, 3.05) is 13.1 Å². The molecule has 0 spiro atoms. The zero-order chi connectivity index (χ0) is 19.0. The van der Waals surface area contributed by atoms with Crippen LogP contribution in [0.5, 0.6) is 5.75 Å². The summed E-state index contributed by atoms with van der Waals surface area (Å²) in [4.78, 5) is 13.7. The number of benzene rings is 1. The van der Waals surface area contributed by atoms with E-state index in [0.29, 0.717) is 5.75 Å². The fourth-order valence-corrected chi connectivity index (χ4v) is 3.56. The van der Waals surface area contributed by atoms with Crippen LogP contribution in [0, 0.1) is 5.92 Å². The summed E-state index contributed by atoms with van der Waals surface area (Å²) in [5.41, 5.74) is 8.44. The predicted octanol–water partition coefficient (Wildman–Crippen LogP) is 3.68. The highest BCUT2D eigenvalue weighted by Gasteiger charge is 2.28. The van der Waals surface area contributed by atoms with E-state index in [9.17, 15) is 9.90 Å². The molecule has 0 unspecified atom stereocenters. The Labute approximate surface area is 152 Å². The van der Waals surface area contributed by atoms with Gasteiger partial charge in [-0.25, -0.2) is 0 Å². The fraction of sp³-hybridized carbons (Fsp3) is 0.667. The van der Waals surface area contributed by atoms with Gasteiger partial charge in [0.05, 0.1) is 0 Å². The normalized spacial score (nSPS) is 17.7. The van der Waals surface area contributed by atoms with E-state index in [2.05, 4.69) is 58.6 Å². The number of carbonyl (C=O) groups is 1. The highest BCUT2D eigenvalue weighted by Crippen LogP contribution is 2.40. The maximum absolute atomic E-state index is 11.3. The molecule has 1 amide bonds. The maximum atomic E-state index is 11.3. The second-order valence-electron chi connectivity index (χ2n) is 9.49. The van der Waals surface area contributed by atoms with Crippen LogP contribution in [0.3, 0.4) is 0 Å². The molecule has 1 saturated heterocycles.